The predicted molar refractivity (Wildman–Crippen MR) is 96.7 cm³/mol. The van der Waals surface area contributed by atoms with Crippen LogP contribution >= 0.6 is 0 Å². The molecule has 1 aromatic heterocycles. The minimum absolute atomic E-state index is 0.108. The standard InChI is InChI=1S/C19H30N4O3/c1-14-17(15(2)26-20-14)13-21-9-5-19(25)6-10-23(12-16(19)11-21)18(24)22-7-3-4-8-22/h16,25H,3-13H2,1-2H3/t16-,19-/m1/s1. The van der Waals surface area contributed by atoms with E-state index in [2.05, 4.69) is 10.1 Å². The maximum Gasteiger partial charge on any atom is 0.320 e. The van der Waals surface area contributed by atoms with Crippen molar-refractivity contribution in [1.29, 1.82) is 0 Å². The average molecular weight is 362 g/mol. The summed E-state index contributed by atoms with van der Waals surface area (Å²) < 4.78 is 5.28. The number of fused-ring (bicyclic) bond motifs is 1. The second-order valence-electron chi connectivity index (χ2n) is 8.26. The van der Waals surface area contributed by atoms with Crippen molar-refractivity contribution in [3.63, 3.8) is 0 Å². The van der Waals surface area contributed by atoms with E-state index in [1.807, 2.05) is 23.6 Å². The lowest BCUT2D eigenvalue weighted by molar-refractivity contribution is -0.108. The van der Waals surface area contributed by atoms with Gasteiger partial charge in [0.15, 0.2) is 0 Å². The third kappa shape index (κ3) is 3.22. The summed E-state index contributed by atoms with van der Waals surface area (Å²) in [5.74, 6) is 0.981. The molecular formula is C19H30N4O3. The quantitative estimate of drug-likeness (QED) is 0.868. The first-order valence-electron chi connectivity index (χ1n) is 9.86. The molecule has 0 aliphatic carbocycles. The molecule has 7 nitrogen and oxygen atoms in total. The molecule has 0 saturated carbocycles. The van der Waals surface area contributed by atoms with E-state index < -0.39 is 5.60 Å². The lowest BCUT2D eigenvalue weighted by Gasteiger charge is -2.50. The van der Waals surface area contributed by atoms with Crippen LogP contribution < -0.4 is 0 Å². The van der Waals surface area contributed by atoms with Gasteiger partial charge in [-0.3, -0.25) is 4.90 Å². The monoisotopic (exact) mass is 362 g/mol. The van der Waals surface area contributed by atoms with Gasteiger partial charge in [0.2, 0.25) is 0 Å². The highest BCUT2D eigenvalue weighted by molar-refractivity contribution is 5.74. The van der Waals surface area contributed by atoms with Crippen LogP contribution in [0.5, 0.6) is 0 Å². The van der Waals surface area contributed by atoms with E-state index in [1.54, 1.807) is 0 Å². The van der Waals surface area contributed by atoms with E-state index in [-0.39, 0.29) is 11.9 Å². The molecule has 1 aromatic rings. The number of aromatic nitrogens is 1. The second kappa shape index (κ2) is 6.85. The Morgan fingerprint density at radius 1 is 1.15 bits per heavy atom. The summed E-state index contributed by atoms with van der Waals surface area (Å²) in [5, 5.41) is 15.1. The molecule has 4 heterocycles. The molecule has 7 heteroatoms. The van der Waals surface area contributed by atoms with Gasteiger partial charge < -0.3 is 19.4 Å². The third-order valence-corrected chi connectivity index (χ3v) is 6.56. The molecule has 0 spiro atoms. The molecule has 3 aliphatic rings. The minimum atomic E-state index is -0.628. The van der Waals surface area contributed by atoms with Crippen molar-refractivity contribution >= 4 is 6.03 Å². The SMILES string of the molecule is Cc1noc(C)c1CN1CC[C@@]2(O)CCN(C(=O)N3CCCC3)C[C@H]2C1. The largest absolute Gasteiger partial charge is 0.389 e. The van der Waals surface area contributed by atoms with Crippen molar-refractivity contribution < 1.29 is 14.4 Å². The lowest BCUT2D eigenvalue weighted by atomic mass is 9.75. The van der Waals surface area contributed by atoms with E-state index in [0.717, 1.165) is 69.0 Å². The zero-order chi connectivity index (χ0) is 18.3. The van der Waals surface area contributed by atoms with Crippen molar-refractivity contribution in [2.24, 2.45) is 5.92 Å². The molecule has 0 radical (unpaired) electrons. The van der Waals surface area contributed by atoms with Gasteiger partial charge in [-0.15, -0.1) is 0 Å². The van der Waals surface area contributed by atoms with Crippen LogP contribution in [-0.4, -0.2) is 75.9 Å². The number of rotatable bonds is 2. The Hall–Kier alpha value is -1.60. The average Bonchev–Trinajstić information content (AvgIpc) is 3.27. The summed E-state index contributed by atoms with van der Waals surface area (Å²) in [6.45, 7) is 9.49. The number of carbonyl (C=O) groups excluding carboxylic acids is 1. The molecule has 144 valence electrons. The van der Waals surface area contributed by atoms with Gasteiger partial charge in [-0.2, -0.15) is 0 Å². The zero-order valence-electron chi connectivity index (χ0n) is 15.9. The Balaban J connectivity index is 1.42. The van der Waals surface area contributed by atoms with Gasteiger partial charge >= 0.3 is 6.03 Å². The summed E-state index contributed by atoms with van der Waals surface area (Å²) in [7, 11) is 0. The molecule has 2 amide bonds. The third-order valence-electron chi connectivity index (χ3n) is 6.56. The van der Waals surface area contributed by atoms with Gasteiger partial charge in [-0.1, -0.05) is 5.16 Å². The number of carbonyl (C=O) groups is 1. The molecule has 1 N–H and O–H groups in total. The van der Waals surface area contributed by atoms with Gasteiger partial charge in [0.1, 0.15) is 5.76 Å². The first-order chi connectivity index (χ1) is 12.5. The van der Waals surface area contributed by atoms with Gasteiger partial charge in [-0.25, -0.2) is 4.79 Å². The molecular weight excluding hydrogens is 332 g/mol. The molecule has 3 fully saturated rings. The Morgan fingerprint density at radius 3 is 2.58 bits per heavy atom. The van der Waals surface area contributed by atoms with Crippen LogP contribution in [0.3, 0.4) is 0 Å². The number of nitrogens with zero attached hydrogens (tertiary/aromatic N) is 4. The first-order valence-corrected chi connectivity index (χ1v) is 9.86. The number of amides is 2. The number of urea groups is 1. The Bertz CT molecular complexity index is 650. The van der Waals surface area contributed by atoms with Crippen LogP contribution in [0.25, 0.3) is 0 Å². The Morgan fingerprint density at radius 2 is 1.88 bits per heavy atom. The molecule has 2 atom stereocenters. The molecule has 3 aliphatic heterocycles. The van der Waals surface area contributed by atoms with E-state index in [9.17, 15) is 9.90 Å². The summed E-state index contributed by atoms with van der Waals surface area (Å²) in [5.41, 5.74) is 1.46. The summed E-state index contributed by atoms with van der Waals surface area (Å²) in [6.07, 6.45) is 3.68. The van der Waals surface area contributed by atoms with Crippen molar-refractivity contribution in [3.8, 4) is 0 Å². The van der Waals surface area contributed by atoms with Gasteiger partial charge in [0, 0.05) is 57.3 Å². The van der Waals surface area contributed by atoms with Crippen molar-refractivity contribution in [3.05, 3.63) is 17.0 Å². The fourth-order valence-electron chi connectivity index (χ4n) is 4.75. The highest BCUT2D eigenvalue weighted by Gasteiger charge is 2.46. The number of hydrogen-bond acceptors (Lipinski definition) is 5. The van der Waals surface area contributed by atoms with Gasteiger partial charge in [0.25, 0.3) is 0 Å². The van der Waals surface area contributed by atoms with E-state index in [4.69, 9.17) is 4.52 Å². The Kier molecular flexibility index (Phi) is 4.69. The van der Waals surface area contributed by atoms with Crippen LogP contribution in [-0.2, 0) is 6.54 Å². The predicted octanol–water partition coefficient (Wildman–Crippen LogP) is 1.77. The maximum atomic E-state index is 12.7. The van der Waals surface area contributed by atoms with Crippen LogP contribution in [0.2, 0.25) is 0 Å². The Labute approximate surface area is 154 Å². The second-order valence-corrected chi connectivity index (χ2v) is 8.26. The van der Waals surface area contributed by atoms with E-state index >= 15 is 0 Å². The summed E-state index contributed by atoms with van der Waals surface area (Å²) in [6, 6.07) is 0.160. The fraction of sp³-hybridized carbons (Fsp3) is 0.789. The number of aliphatic hydroxyl groups is 1. The fourth-order valence-corrected chi connectivity index (χ4v) is 4.75. The lowest BCUT2D eigenvalue weighted by Crippen LogP contribution is -2.61. The van der Waals surface area contributed by atoms with E-state index in [1.165, 1.54) is 0 Å². The molecule has 3 saturated heterocycles. The normalized spacial score (nSPS) is 29.9. The molecule has 0 aromatic carbocycles. The smallest absolute Gasteiger partial charge is 0.320 e. The van der Waals surface area contributed by atoms with Crippen LogP contribution in [0, 0.1) is 19.8 Å². The number of piperidine rings is 2. The zero-order valence-corrected chi connectivity index (χ0v) is 15.9. The summed E-state index contributed by atoms with van der Waals surface area (Å²) >= 11 is 0. The highest BCUT2D eigenvalue weighted by atomic mass is 16.5. The topological polar surface area (TPSA) is 73.0 Å². The summed E-state index contributed by atoms with van der Waals surface area (Å²) in [4.78, 5) is 19.0. The number of aryl methyl sites for hydroxylation is 2. The maximum absolute atomic E-state index is 12.7. The van der Waals surface area contributed by atoms with Crippen molar-refractivity contribution in [2.45, 2.75) is 51.7 Å². The van der Waals surface area contributed by atoms with E-state index in [0.29, 0.717) is 19.5 Å². The van der Waals surface area contributed by atoms with Crippen molar-refractivity contribution in [2.75, 3.05) is 39.3 Å². The van der Waals surface area contributed by atoms with Crippen LogP contribution in [0.15, 0.2) is 4.52 Å². The van der Waals surface area contributed by atoms with Gasteiger partial charge in [-0.05, 0) is 39.5 Å². The minimum Gasteiger partial charge on any atom is -0.389 e. The molecule has 0 bridgehead atoms. The number of hydrogen-bond donors (Lipinski definition) is 1. The molecule has 26 heavy (non-hydrogen) atoms. The first kappa shape index (κ1) is 17.8. The van der Waals surface area contributed by atoms with Gasteiger partial charge in [0.05, 0.1) is 11.3 Å². The van der Waals surface area contributed by atoms with Crippen LogP contribution in [0.4, 0.5) is 4.79 Å². The highest BCUT2D eigenvalue weighted by Crippen LogP contribution is 2.36. The number of likely N-dealkylation sites (tertiary alicyclic amines) is 3. The van der Waals surface area contributed by atoms with Crippen LogP contribution in [0.1, 0.15) is 42.7 Å². The molecule has 4 rings (SSSR count). The molecule has 0 unspecified atom stereocenters. The van der Waals surface area contributed by atoms with Crippen molar-refractivity contribution in [1.82, 2.24) is 19.9 Å².